The zero-order valence-electron chi connectivity index (χ0n) is 12.3. The molecule has 0 saturated heterocycles. The highest BCUT2D eigenvalue weighted by Gasteiger charge is 2.30. The van der Waals surface area contributed by atoms with Gasteiger partial charge in [0.05, 0.1) is 22.8 Å². The van der Waals surface area contributed by atoms with Crippen molar-refractivity contribution in [1.82, 2.24) is 0 Å². The highest BCUT2D eigenvalue weighted by atomic mass is 19.4. The van der Waals surface area contributed by atoms with Crippen LogP contribution in [0, 0.1) is 11.3 Å². The van der Waals surface area contributed by atoms with Gasteiger partial charge in [-0.25, -0.2) is 4.79 Å². The van der Waals surface area contributed by atoms with Crippen molar-refractivity contribution in [1.29, 1.82) is 5.26 Å². The number of alkyl halides is 3. The van der Waals surface area contributed by atoms with Crippen LogP contribution in [0.5, 0.6) is 5.75 Å². The van der Waals surface area contributed by atoms with Crippen molar-refractivity contribution in [3.63, 3.8) is 0 Å². The van der Waals surface area contributed by atoms with E-state index in [0.29, 0.717) is 11.3 Å². The van der Waals surface area contributed by atoms with Crippen LogP contribution in [0.2, 0.25) is 0 Å². The molecular formula is C17H12F3NO3. The van der Waals surface area contributed by atoms with E-state index in [2.05, 4.69) is 0 Å². The topological polar surface area (TPSA) is 59.3 Å². The molecule has 0 aliphatic heterocycles. The van der Waals surface area contributed by atoms with E-state index >= 15 is 0 Å². The first-order valence-corrected chi connectivity index (χ1v) is 6.87. The molecule has 4 nitrogen and oxygen atoms in total. The minimum absolute atomic E-state index is 0.0290. The largest absolute Gasteiger partial charge is 0.490 e. The lowest BCUT2D eigenvalue weighted by molar-refractivity contribution is -0.137. The summed E-state index contributed by atoms with van der Waals surface area (Å²) in [4.78, 5) is 11.7. The fourth-order valence-corrected chi connectivity index (χ4v) is 1.80. The van der Waals surface area contributed by atoms with Crippen LogP contribution in [0.15, 0.2) is 48.5 Å². The minimum Gasteiger partial charge on any atom is -0.490 e. The summed E-state index contributed by atoms with van der Waals surface area (Å²) in [6.45, 7) is 0.0259. The Bertz CT molecular complexity index is 732. The molecule has 2 aromatic carbocycles. The molecule has 24 heavy (non-hydrogen) atoms. The molecule has 124 valence electrons. The van der Waals surface area contributed by atoms with Crippen molar-refractivity contribution in [2.24, 2.45) is 0 Å². The first-order valence-electron chi connectivity index (χ1n) is 6.87. The highest BCUT2D eigenvalue weighted by Crippen LogP contribution is 2.29. The van der Waals surface area contributed by atoms with Crippen LogP contribution in [0.1, 0.15) is 21.5 Å². The van der Waals surface area contributed by atoms with Crippen molar-refractivity contribution in [3.05, 3.63) is 65.2 Å². The maximum atomic E-state index is 12.4. The number of carbonyl (C=O) groups excluding carboxylic acids is 1. The summed E-state index contributed by atoms with van der Waals surface area (Å²) in [5.41, 5.74) is -0.305. The van der Waals surface area contributed by atoms with Gasteiger partial charge in [0.25, 0.3) is 0 Å². The molecule has 0 atom stereocenters. The van der Waals surface area contributed by atoms with Crippen LogP contribution >= 0.6 is 0 Å². The Morgan fingerprint density at radius 3 is 2.17 bits per heavy atom. The molecule has 0 aromatic heterocycles. The Morgan fingerprint density at radius 2 is 1.62 bits per heavy atom. The Kier molecular flexibility index (Phi) is 5.42. The van der Waals surface area contributed by atoms with Gasteiger partial charge in [0, 0.05) is 0 Å². The van der Waals surface area contributed by atoms with Gasteiger partial charge in [0.15, 0.2) is 0 Å². The van der Waals surface area contributed by atoms with E-state index in [1.54, 1.807) is 24.3 Å². The second-order valence-electron chi connectivity index (χ2n) is 4.70. The number of benzene rings is 2. The quantitative estimate of drug-likeness (QED) is 0.616. The third-order valence-electron chi connectivity index (χ3n) is 3.02. The van der Waals surface area contributed by atoms with E-state index < -0.39 is 17.7 Å². The summed E-state index contributed by atoms with van der Waals surface area (Å²) in [5, 5.41) is 8.66. The molecule has 0 bridgehead atoms. The fourth-order valence-electron chi connectivity index (χ4n) is 1.80. The molecule has 0 aliphatic rings. The van der Waals surface area contributed by atoms with Crippen molar-refractivity contribution in [3.8, 4) is 11.8 Å². The van der Waals surface area contributed by atoms with Crippen LogP contribution < -0.4 is 4.74 Å². The number of carbonyl (C=O) groups is 1. The average Bonchev–Trinajstić information content (AvgIpc) is 2.58. The molecule has 2 rings (SSSR count). The molecule has 0 aliphatic carbocycles. The molecular weight excluding hydrogens is 323 g/mol. The fraction of sp³-hybridized carbons (Fsp3) is 0.176. The van der Waals surface area contributed by atoms with E-state index in [4.69, 9.17) is 14.7 Å². The zero-order valence-corrected chi connectivity index (χ0v) is 12.3. The van der Waals surface area contributed by atoms with Crippen LogP contribution in [0.25, 0.3) is 0 Å². The molecule has 0 saturated carbocycles. The van der Waals surface area contributed by atoms with Gasteiger partial charge >= 0.3 is 12.1 Å². The number of nitrogens with zero attached hydrogens (tertiary/aromatic N) is 1. The Morgan fingerprint density at radius 1 is 1.00 bits per heavy atom. The average molecular weight is 335 g/mol. The second kappa shape index (κ2) is 7.51. The second-order valence-corrected chi connectivity index (χ2v) is 4.70. The molecule has 7 heteroatoms. The van der Waals surface area contributed by atoms with Crippen molar-refractivity contribution in [2.75, 3.05) is 13.2 Å². The van der Waals surface area contributed by atoms with Crippen LogP contribution in [0.4, 0.5) is 13.2 Å². The lowest BCUT2D eigenvalue weighted by Gasteiger charge is -2.09. The van der Waals surface area contributed by atoms with E-state index in [1.165, 1.54) is 0 Å². The summed E-state index contributed by atoms with van der Waals surface area (Å²) >= 11 is 0. The first kappa shape index (κ1) is 17.3. The van der Waals surface area contributed by atoms with E-state index in [0.717, 1.165) is 24.3 Å². The minimum atomic E-state index is -4.45. The Labute approximate surface area is 136 Å². The van der Waals surface area contributed by atoms with Gasteiger partial charge in [-0.1, -0.05) is 0 Å². The SMILES string of the molecule is N#Cc1ccc(OCCOC(=O)c2ccc(C(F)(F)F)cc2)cc1. The van der Waals surface area contributed by atoms with Crippen molar-refractivity contribution >= 4 is 5.97 Å². The van der Waals surface area contributed by atoms with Crippen molar-refractivity contribution < 1.29 is 27.4 Å². The molecule has 0 fully saturated rings. The van der Waals surface area contributed by atoms with Gasteiger partial charge in [-0.3, -0.25) is 0 Å². The van der Waals surface area contributed by atoms with Gasteiger partial charge < -0.3 is 9.47 Å². The van der Waals surface area contributed by atoms with Crippen LogP contribution in [-0.4, -0.2) is 19.2 Å². The van der Waals surface area contributed by atoms with Crippen LogP contribution in [0.3, 0.4) is 0 Å². The standard InChI is InChI=1S/C17H12F3NO3/c18-17(19,20)14-5-3-13(4-6-14)16(22)24-10-9-23-15-7-1-12(11-21)2-8-15/h1-8H,9-10H2. The van der Waals surface area contributed by atoms with Gasteiger partial charge in [0.1, 0.15) is 19.0 Å². The van der Waals surface area contributed by atoms with E-state index in [9.17, 15) is 18.0 Å². The highest BCUT2D eigenvalue weighted by molar-refractivity contribution is 5.89. The van der Waals surface area contributed by atoms with Gasteiger partial charge in [-0.05, 0) is 48.5 Å². The predicted molar refractivity (Wildman–Crippen MR) is 78.4 cm³/mol. The third kappa shape index (κ3) is 4.74. The molecule has 0 N–H and O–H groups in total. The normalized spacial score (nSPS) is 10.8. The van der Waals surface area contributed by atoms with Gasteiger partial charge in [-0.15, -0.1) is 0 Å². The predicted octanol–water partition coefficient (Wildman–Crippen LogP) is 3.81. The number of rotatable bonds is 5. The molecule has 0 heterocycles. The maximum absolute atomic E-state index is 12.4. The summed E-state index contributed by atoms with van der Waals surface area (Å²) in [6.07, 6.45) is -4.45. The van der Waals surface area contributed by atoms with Gasteiger partial charge in [0.2, 0.25) is 0 Å². The van der Waals surface area contributed by atoms with Gasteiger partial charge in [-0.2, -0.15) is 18.4 Å². The Balaban J connectivity index is 1.79. The first-order chi connectivity index (χ1) is 11.4. The summed E-state index contributed by atoms with van der Waals surface area (Å²) in [6, 6.07) is 12.1. The Hall–Kier alpha value is -3.01. The monoisotopic (exact) mass is 335 g/mol. The van der Waals surface area contributed by atoms with Crippen molar-refractivity contribution in [2.45, 2.75) is 6.18 Å². The molecule has 0 unspecified atom stereocenters. The van der Waals surface area contributed by atoms with E-state index in [1.807, 2.05) is 6.07 Å². The van der Waals surface area contributed by atoms with E-state index in [-0.39, 0.29) is 18.8 Å². The molecule has 0 spiro atoms. The lowest BCUT2D eigenvalue weighted by atomic mass is 10.1. The summed E-state index contributed by atoms with van der Waals surface area (Å²) in [5.74, 6) is -0.216. The number of ether oxygens (including phenoxy) is 2. The maximum Gasteiger partial charge on any atom is 0.416 e. The molecule has 2 aromatic rings. The number of hydrogen-bond donors (Lipinski definition) is 0. The smallest absolute Gasteiger partial charge is 0.416 e. The number of hydrogen-bond acceptors (Lipinski definition) is 4. The number of esters is 1. The number of halogens is 3. The molecule has 0 amide bonds. The number of nitriles is 1. The molecule has 0 radical (unpaired) electrons. The lowest BCUT2D eigenvalue weighted by Crippen LogP contribution is -2.13. The summed E-state index contributed by atoms with van der Waals surface area (Å²) < 4.78 is 47.5. The zero-order chi connectivity index (χ0) is 17.6. The van der Waals surface area contributed by atoms with Crippen LogP contribution in [-0.2, 0) is 10.9 Å². The third-order valence-corrected chi connectivity index (χ3v) is 3.02. The summed E-state index contributed by atoms with van der Waals surface area (Å²) in [7, 11) is 0.